The van der Waals surface area contributed by atoms with Crippen LogP contribution in [0.1, 0.15) is 34.1 Å². The predicted molar refractivity (Wildman–Crippen MR) is 51.3 cm³/mol. The van der Waals surface area contributed by atoms with Gasteiger partial charge in [-0.05, 0) is 19.8 Å². The maximum atomic E-state index is 5.66. The molecule has 0 aliphatic carbocycles. The van der Waals surface area contributed by atoms with Crippen molar-refractivity contribution in [3.05, 3.63) is 0 Å². The molecular formula is C10H21NO. The van der Waals surface area contributed by atoms with Gasteiger partial charge in [-0.1, -0.05) is 20.3 Å². The highest BCUT2D eigenvalue weighted by molar-refractivity contribution is 4.84. The molecule has 1 rings (SSSR count). The molecule has 0 aromatic carbocycles. The summed E-state index contributed by atoms with van der Waals surface area (Å²) in [4.78, 5) is 0. The van der Waals surface area contributed by atoms with Crippen molar-refractivity contribution in [2.24, 2.45) is 5.92 Å². The Bertz CT molecular complexity index is 134. The second kappa shape index (κ2) is 4.24. The van der Waals surface area contributed by atoms with E-state index in [2.05, 4.69) is 33.0 Å². The highest BCUT2D eigenvalue weighted by Gasteiger charge is 2.28. The number of hydrogen-bond donors (Lipinski definition) is 1. The predicted octanol–water partition coefficient (Wildman–Crippen LogP) is 1.80. The van der Waals surface area contributed by atoms with E-state index in [9.17, 15) is 0 Å². The van der Waals surface area contributed by atoms with Gasteiger partial charge in [0.05, 0.1) is 12.7 Å². The largest absolute Gasteiger partial charge is 0.375 e. The second-order valence-electron chi connectivity index (χ2n) is 4.02. The van der Waals surface area contributed by atoms with Crippen LogP contribution in [-0.2, 0) is 4.74 Å². The molecule has 0 aromatic rings. The zero-order chi connectivity index (χ0) is 9.14. The number of morpholine rings is 1. The Balaban J connectivity index is 2.48. The molecule has 2 nitrogen and oxygen atoms in total. The molecule has 1 aliphatic rings. The van der Waals surface area contributed by atoms with Gasteiger partial charge in [-0.2, -0.15) is 0 Å². The third kappa shape index (κ3) is 2.20. The Labute approximate surface area is 75.7 Å². The Kier molecular flexibility index (Phi) is 3.53. The fourth-order valence-electron chi connectivity index (χ4n) is 1.79. The summed E-state index contributed by atoms with van der Waals surface area (Å²) < 4.78 is 5.66. The van der Waals surface area contributed by atoms with Crippen molar-refractivity contribution < 1.29 is 4.74 Å². The van der Waals surface area contributed by atoms with Crippen molar-refractivity contribution in [2.75, 3.05) is 6.61 Å². The van der Waals surface area contributed by atoms with Gasteiger partial charge in [0.15, 0.2) is 0 Å². The molecule has 0 amide bonds. The van der Waals surface area contributed by atoms with Crippen molar-refractivity contribution in [3.63, 3.8) is 0 Å². The third-order valence-corrected chi connectivity index (χ3v) is 2.85. The molecule has 4 atom stereocenters. The summed E-state index contributed by atoms with van der Waals surface area (Å²) >= 11 is 0. The summed E-state index contributed by atoms with van der Waals surface area (Å²) in [6, 6.07) is 1.05. The average molecular weight is 171 g/mol. The molecule has 2 heteroatoms. The van der Waals surface area contributed by atoms with E-state index in [0.29, 0.717) is 24.1 Å². The molecule has 0 bridgehead atoms. The molecule has 1 N–H and O–H groups in total. The third-order valence-electron chi connectivity index (χ3n) is 2.85. The number of rotatable bonds is 2. The summed E-state index contributed by atoms with van der Waals surface area (Å²) in [6.07, 6.45) is 1.59. The first-order valence-electron chi connectivity index (χ1n) is 5.02. The normalized spacial score (nSPS) is 39.5. The van der Waals surface area contributed by atoms with E-state index in [1.807, 2.05) is 0 Å². The fourth-order valence-corrected chi connectivity index (χ4v) is 1.79. The molecule has 0 aromatic heterocycles. The molecule has 1 aliphatic heterocycles. The zero-order valence-corrected chi connectivity index (χ0v) is 8.63. The molecular weight excluding hydrogens is 150 g/mol. The highest BCUT2D eigenvalue weighted by atomic mass is 16.5. The first-order valence-corrected chi connectivity index (χ1v) is 5.02. The lowest BCUT2D eigenvalue weighted by Gasteiger charge is -2.37. The minimum atomic E-state index is 0.371. The molecule has 1 fully saturated rings. The highest BCUT2D eigenvalue weighted by Crippen LogP contribution is 2.17. The SMILES string of the molecule is CCC(C)C1NC(C)COC1C. The standard InChI is InChI=1S/C10H21NO/c1-5-7(2)10-9(4)12-6-8(3)11-10/h7-11H,5-6H2,1-4H3. The van der Waals surface area contributed by atoms with Gasteiger partial charge >= 0.3 is 0 Å². The van der Waals surface area contributed by atoms with Crippen molar-refractivity contribution in [1.82, 2.24) is 5.32 Å². The number of nitrogens with one attached hydrogen (secondary N) is 1. The van der Waals surface area contributed by atoms with Crippen molar-refractivity contribution >= 4 is 0 Å². The molecule has 1 saturated heterocycles. The summed E-state index contributed by atoms with van der Waals surface area (Å²) in [6.45, 7) is 9.72. The van der Waals surface area contributed by atoms with Gasteiger partial charge in [0.1, 0.15) is 0 Å². The van der Waals surface area contributed by atoms with Crippen LogP contribution in [-0.4, -0.2) is 24.8 Å². The van der Waals surface area contributed by atoms with Gasteiger partial charge in [0, 0.05) is 12.1 Å². The van der Waals surface area contributed by atoms with Crippen LogP contribution in [0.15, 0.2) is 0 Å². The van der Waals surface area contributed by atoms with E-state index < -0.39 is 0 Å². The van der Waals surface area contributed by atoms with Crippen LogP contribution >= 0.6 is 0 Å². The van der Waals surface area contributed by atoms with Crippen LogP contribution in [0.5, 0.6) is 0 Å². The molecule has 72 valence electrons. The lowest BCUT2D eigenvalue weighted by molar-refractivity contribution is -0.0277. The summed E-state index contributed by atoms with van der Waals surface area (Å²) in [7, 11) is 0. The number of hydrogen-bond acceptors (Lipinski definition) is 2. The molecule has 0 spiro atoms. The van der Waals surface area contributed by atoms with E-state index in [1.54, 1.807) is 0 Å². The molecule has 4 unspecified atom stereocenters. The zero-order valence-electron chi connectivity index (χ0n) is 8.63. The van der Waals surface area contributed by atoms with Crippen LogP contribution in [0.2, 0.25) is 0 Å². The van der Waals surface area contributed by atoms with Crippen LogP contribution in [0.4, 0.5) is 0 Å². The maximum absolute atomic E-state index is 5.66. The fraction of sp³-hybridized carbons (Fsp3) is 1.00. The Morgan fingerprint density at radius 2 is 2.17 bits per heavy atom. The smallest absolute Gasteiger partial charge is 0.0703 e. The Morgan fingerprint density at radius 3 is 2.75 bits per heavy atom. The molecule has 0 saturated carbocycles. The minimum Gasteiger partial charge on any atom is -0.375 e. The second-order valence-corrected chi connectivity index (χ2v) is 4.02. The van der Waals surface area contributed by atoms with Crippen molar-refractivity contribution in [3.8, 4) is 0 Å². The van der Waals surface area contributed by atoms with Gasteiger partial charge in [0.2, 0.25) is 0 Å². The van der Waals surface area contributed by atoms with E-state index in [0.717, 1.165) is 6.61 Å². The monoisotopic (exact) mass is 171 g/mol. The van der Waals surface area contributed by atoms with Crippen LogP contribution in [0.25, 0.3) is 0 Å². The van der Waals surface area contributed by atoms with Gasteiger partial charge in [-0.15, -0.1) is 0 Å². The first kappa shape index (κ1) is 10.0. The summed E-state index contributed by atoms with van der Waals surface area (Å²) in [5, 5.41) is 3.59. The van der Waals surface area contributed by atoms with E-state index in [1.165, 1.54) is 6.42 Å². The summed E-state index contributed by atoms with van der Waals surface area (Å²) in [5.41, 5.74) is 0. The van der Waals surface area contributed by atoms with Gasteiger partial charge in [-0.25, -0.2) is 0 Å². The van der Waals surface area contributed by atoms with E-state index in [4.69, 9.17) is 4.74 Å². The van der Waals surface area contributed by atoms with Gasteiger partial charge in [0.25, 0.3) is 0 Å². The lowest BCUT2D eigenvalue weighted by Crippen LogP contribution is -2.54. The van der Waals surface area contributed by atoms with Crippen LogP contribution in [0, 0.1) is 5.92 Å². The first-order chi connectivity index (χ1) is 5.65. The molecule has 12 heavy (non-hydrogen) atoms. The Morgan fingerprint density at radius 1 is 1.50 bits per heavy atom. The van der Waals surface area contributed by atoms with Crippen molar-refractivity contribution in [2.45, 2.75) is 52.3 Å². The molecule has 0 radical (unpaired) electrons. The minimum absolute atomic E-state index is 0.371. The Hall–Kier alpha value is -0.0800. The van der Waals surface area contributed by atoms with E-state index in [-0.39, 0.29) is 0 Å². The van der Waals surface area contributed by atoms with Crippen LogP contribution < -0.4 is 5.32 Å². The summed E-state index contributed by atoms with van der Waals surface area (Å²) in [5.74, 6) is 0.711. The number of ether oxygens (including phenoxy) is 1. The van der Waals surface area contributed by atoms with Gasteiger partial charge in [-0.3, -0.25) is 0 Å². The van der Waals surface area contributed by atoms with E-state index >= 15 is 0 Å². The van der Waals surface area contributed by atoms with Crippen molar-refractivity contribution in [1.29, 1.82) is 0 Å². The quantitative estimate of drug-likeness (QED) is 0.684. The maximum Gasteiger partial charge on any atom is 0.0703 e. The molecule has 1 heterocycles. The van der Waals surface area contributed by atoms with Crippen LogP contribution in [0.3, 0.4) is 0 Å². The topological polar surface area (TPSA) is 21.3 Å². The average Bonchev–Trinajstić information content (AvgIpc) is 2.08. The van der Waals surface area contributed by atoms with Gasteiger partial charge < -0.3 is 10.1 Å². The lowest BCUT2D eigenvalue weighted by atomic mass is 9.93.